The van der Waals surface area contributed by atoms with Crippen molar-refractivity contribution in [1.29, 1.82) is 0 Å². The molecule has 1 atom stereocenters. The van der Waals surface area contributed by atoms with Crippen LogP contribution in [0.2, 0.25) is 0 Å². The minimum Gasteiger partial charge on any atom is -0.367 e. The van der Waals surface area contributed by atoms with E-state index in [0.717, 1.165) is 50.7 Å². The Morgan fingerprint density at radius 1 is 1.10 bits per heavy atom. The normalized spacial score (nSPS) is 24.3. The van der Waals surface area contributed by atoms with Crippen molar-refractivity contribution in [3.05, 3.63) is 23.9 Å². The monoisotopic (exact) mass is 426 g/mol. The summed E-state index contributed by atoms with van der Waals surface area (Å²) < 4.78 is 43.5. The van der Waals surface area contributed by atoms with E-state index in [0.29, 0.717) is 24.8 Å². The van der Waals surface area contributed by atoms with Gasteiger partial charge >= 0.3 is 6.18 Å². The van der Waals surface area contributed by atoms with Gasteiger partial charge in [0.15, 0.2) is 0 Å². The van der Waals surface area contributed by atoms with Gasteiger partial charge in [-0.2, -0.15) is 13.2 Å². The third-order valence-corrected chi connectivity index (χ3v) is 6.22. The van der Waals surface area contributed by atoms with Crippen LogP contribution in [-0.4, -0.2) is 72.7 Å². The van der Waals surface area contributed by atoms with Crippen LogP contribution in [0.3, 0.4) is 0 Å². The highest BCUT2D eigenvalue weighted by molar-refractivity contribution is 5.78. The van der Waals surface area contributed by atoms with Crippen LogP contribution in [0.15, 0.2) is 18.3 Å². The van der Waals surface area contributed by atoms with Crippen molar-refractivity contribution in [3.63, 3.8) is 0 Å². The first-order valence-electron chi connectivity index (χ1n) is 10.8. The van der Waals surface area contributed by atoms with E-state index in [2.05, 4.69) is 15.2 Å². The van der Waals surface area contributed by atoms with Gasteiger partial charge < -0.3 is 19.9 Å². The predicted molar refractivity (Wildman–Crippen MR) is 106 cm³/mol. The molecule has 0 spiro atoms. The highest BCUT2D eigenvalue weighted by atomic mass is 19.4. The second kappa shape index (κ2) is 9.09. The van der Waals surface area contributed by atoms with Crippen LogP contribution in [0.1, 0.15) is 31.2 Å². The van der Waals surface area contributed by atoms with E-state index >= 15 is 0 Å². The zero-order valence-electron chi connectivity index (χ0n) is 17.0. The van der Waals surface area contributed by atoms with Gasteiger partial charge in [0.25, 0.3) is 0 Å². The Hall–Kier alpha value is -1.87. The predicted octanol–water partition coefficient (Wildman–Crippen LogP) is 2.86. The van der Waals surface area contributed by atoms with E-state index in [1.54, 1.807) is 0 Å². The van der Waals surface area contributed by atoms with E-state index < -0.39 is 11.7 Å². The Bertz CT molecular complexity index is 716. The number of morpholine rings is 1. The number of piperidine rings is 1. The van der Waals surface area contributed by atoms with E-state index in [4.69, 9.17) is 4.74 Å². The highest BCUT2D eigenvalue weighted by Gasteiger charge is 2.32. The van der Waals surface area contributed by atoms with E-state index in [1.807, 2.05) is 4.90 Å². The summed E-state index contributed by atoms with van der Waals surface area (Å²) in [5.74, 6) is 1.81. The molecular formula is C21H29F3N4O2. The van der Waals surface area contributed by atoms with Gasteiger partial charge in [0.1, 0.15) is 12.4 Å². The molecule has 30 heavy (non-hydrogen) atoms. The van der Waals surface area contributed by atoms with Gasteiger partial charge in [-0.1, -0.05) is 0 Å². The molecule has 1 amide bonds. The Morgan fingerprint density at radius 3 is 2.47 bits per heavy atom. The number of alkyl halides is 3. The van der Waals surface area contributed by atoms with Crippen LogP contribution in [0.25, 0.3) is 0 Å². The summed E-state index contributed by atoms with van der Waals surface area (Å²) in [5, 5.41) is 3.01. The summed E-state index contributed by atoms with van der Waals surface area (Å²) >= 11 is 0. The maximum Gasteiger partial charge on any atom is 0.417 e. The quantitative estimate of drug-likeness (QED) is 0.727. The van der Waals surface area contributed by atoms with Crippen molar-refractivity contribution in [2.75, 3.05) is 51.2 Å². The highest BCUT2D eigenvalue weighted by Crippen LogP contribution is 2.31. The first-order valence-corrected chi connectivity index (χ1v) is 10.8. The number of ether oxygens (including phenoxy) is 1. The fourth-order valence-electron chi connectivity index (χ4n) is 4.19. The molecule has 1 aliphatic carbocycles. The van der Waals surface area contributed by atoms with Crippen LogP contribution < -0.4 is 5.32 Å². The number of anilines is 1. The molecule has 1 aromatic heterocycles. The molecule has 1 unspecified atom stereocenters. The number of amides is 1. The number of hydrogen-bond acceptors (Lipinski definition) is 5. The zero-order chi connectivity index (χ0) is 21.1. The SMILES string of the molecule is O=C1COC(CNc2ccc(C(F)(F)F)cn2)CN1CC1CCN(CC2CC2)CC1. The van der Waals surface area contributed by atoms with Crippen LogP contribution >= 0.6 is 0 Å². The first-order chi connectivity index (χ1) is 14.4. The van der Waals surface area contributed by atoms with Crippen molar-refractivity contribution in [3.8, 4) is 0 Å². The van der Waals surface area contributed by atoms with Crippen molar-refractivity contribution in [2.24, 2.45) is 11.8 Å². The molecule has 1 saturated carbocycles. The summed E-state index contributed by atoms with van der Waals surface area (Å²) in [4.78, 5) is 20.5. The molecule has 2 aliphatic heterocycles. The molecule has 0 radical (unpaired) electrons. The molecule has 1 aromatic rings. The number of rotatable bonds is 7. The Kier molecular flexibility index (Phi) is 6.48. The largest absolute Gasteiger partial charge is 0.417 e. The minimum absolute atomic E-state index is 0.0133. The van der Waals surface area contributed by atoms with Gasteiger partial charge in [-0.15, -0.1) is 0 Å². The molecule has 3 fully saturated rings. The van der Waals surface area contributed by atoms with Crippen molar-refractivity contribution < 1.29 is 22.7 Å². The van der Waals surface area contributed by atoms with Gasteiger partial charge in [-0.05, 0) is 62.7 Å². The standard InChI is InChI=1S/C21H29F3N4O2/c22-21(23,24)17-3-4-19(25-9-17)26-10-18-13-28(20(29)14-30-18)12-16-5-7-27(8-6-16)11-15-1-2-15/h3-4,9,15-16,18H,1-2,5-8,10-14H2,(H,25,26). The van der Waals surface area contributed by atoms with Gasteiger partial charge in [0.2, 0.25) is 5.91 Å². The number of halogens is 3. The third kappa shape index (κ3) is 5.85. The Labute approximate surface area is 174 Å². The van der Waals surface area contributed by atoms with Crippen LogP contribution in [0.4, 0.5) is 19.0 Å². The maximum absolute atomic E-state index is 12.6. The number of carbonyl (C=O) groups excluding carboxylic acids is 1. The van der Waals surface area contributed by atoms with E-state index in [-0.39, 0.29) is 18.6 Å². The number of likely N-dealkylation sites (tertiary alicyclic amines) is 1. The maximum atomic E-state index is 12.6. The molecule has 3 heterocycles. The average Bonchev–Trinajstić information content (AvgIpc) is 3.54. The van der Waals surface area contributed by atoms with Crippen molar-refractivity contribution >= 4 is 11.7 Å². The molecule has 3 aliphatic rings. The van der Waals surface area contributed by atoms with Crippen LogP contribution in [0.5, 0.6) is 0 Å². The minimum atomic E-state index is -4.40. The lowest BCUT2D eigenvalue weighted by Gasteiger charge is -2.38. The molecular weight excluding hydrogens is 397 g/mol. The fraction of sp³-hybridized carbons (Fsp3) is 0.714. The molecule has 2 saturated heterocycles. The van der Waals surface area contributed by atoms with Gasteiger partial charge in [-0.25, -0.2) is 4.98 Å². The molecule has 0 bridgehead atoms. The molecule has 6 nitrogen and oxygen atoms in total. The lowest BCUT2D eigenvalue weighted by molar-refractivity contribution is -0.149. The summed E-state index contributed by atoms with van der Waals surface area (Å²) in [6.07, 6.45) is 1.20. The zero-order valence-corrected chi connectivity index (χ0v) is 17.0. The second-order valence-corrected chi connectivity index (χ2v) is 8.73. The van der Waals surface area contributed by atoms with Gasteiger partial charge in [0.05, 0.1) is 11.7 Å². The Morgan fingerprint density at radius 2 is 1.83 bits per heavy atom. The van der Waals surface area contributed by atoms with Gasteiger partial charge in [-0.3, -0.25) is 4.79 Å². The number of nitrogens with zero attached hydrogens (tertiary/aromatic N) is 3. The van der Waals surface area contributed by atoms with E-state index in [9.17, 15) is 18.0 Å². The van der Waals surface area contributed by atoms with Crippen LogP contribution in [0, 0.1) is 11.8 Å². The lowest BCUT2D eigenvalue weighted by atomic mass is 9.95. The number of pyridine rings is 1. The number of nitrogens with one attached hydrogen (secondary N) is 1. The summed E-state index contributed by atoms with van der Waals surface area (Å²) in [5.41, 5.74) is -0.776. The molecule has 0 aromatic carbocycles. The molecule has 166 valence electrons. The smallest absolute Gasteiger partial charge is 0.367 e. The number of hydrogen-bond donors (Lipinski definition) is 1. The molecule has 4 rings (SSSR count). The summed E-state index contributed by atoms with van der Waals surface area (Å²) in [6.45, 7) is 5.15. The summed E-state index contributed by atoms with van der Waals surface area (Å²) in [7, 11) is 0. The van der Waals surface area contributed by atoms with Crippen molar-refractivity contribution in [2.45, 2.75) is 38.0 Å². The average molecular weight is 426 g/mol. The lowest BCUT2D eigenvalue weighted by Crippen LogP contribution is -2.51. The van der Waals surface area contributed by atoms with Crippen LogP contribution in [-0.2, 0) is 15.7 Å². The first kappa shape index (κ1) is 21.4. The Balaban J connectivity index is 1.22. The topological polar surface area (TPSA) is 57.7 Å². The number of carbonyl (C=O) groups is 1. The van der Waals surface area contributed by atoms with E-state index in [1.165, 1.54) is 25.5 Å². The number of aromatic nitrogens is 1. The van der Waals surface area contributed by atoms with Gasteiger partial charge in [0, 0.05) is 32.4 Å². The third-order valence-electron chi connectivity index (χ3n) is 6.22. The summed E-state index contributed by atoms with van der Waals surface area (Å²) in [6, 6.07) is 2.31. The molecule has 9 heteroatoms. The second-order valence-electron chi connectivity index (χ2n) is 8.73. The molecule has 1 N–H and O–H groups in total. The van der Waals surface area contributed by atoms with Crippen molar-refractivity contribution in [1.82, 2.24) is 14.8 Å². The fourth-order valence-corrected chi connectivity index (χ4v) is 4.19.